The van der Waals surface area contributed by atoms with Crippen LogP contribution in [0.15, 0.2) is 30.6 Å². The van der Waals surface area contributed by atoms with Gasteiger partial charge in [0, 0.05) is 12.7 Å². The van der Waals surface area contributed by atoms with Gasteiger partial charge in [0.2, 0.25) is 0 Å². The number of hydrogen-bond acceptors (Lipinski definition) is 4. The van der Waals surface area contributed by atoms with Gasteiger partial charge in [0.05, 0.1) is 22.9 Å². The number of carbonyl (C=O) groups excluding carboxylic acids is 1. The van der Waals surface area contributed by atoms with E-state index in [1.807, 2.05) is 25.1 Å². The van der Waals surface area contributed by atoms with Crippen LogP contribution in [-0.4, -0.2) is 38.3 Å². The number of aliphatic carboxylic acids is 1. The van der Waals surface area contributed by atoms with Crippen LogP contribution in [0, 0.1) is 5.41 Å². The SMILES string of the molecule is CCc1c(C(=O)NCC2(C(=O)O)CCC2)cnn1-c1ccccn1. The number of carboxylic acid groups (broad SMARTS) is 1. The summed E-state index contributed by atoms with van der Waals surface area (Å²) >= 11 is 0. The third-order valence-electron chi connectivity index (χ3n) is 4.67. The molecule has 24 heavy (non-hydrogen) atoms. The molecule has 1 amide bonds. The van der Waals surface area contributed by atoms with Gasteiger partial charge in [-0.3, -0.25) is 9.59 Å². The Labute approximate surface area is 139 Å². The number of hydrogen-bond donors (Lipinski definition) is 2. The lowest BCUT2D eigenvalue weighted by molar-refractivity contribution is -0.153. The monoisotopic (exact) mass is 328 g/mol. The minimum absolute atomic E-state index is 0.152. The zero-order valence-electron chi connectivity index (χ0n) is 13.5. The number of rotatable bonds is 6. The van der Waals surface area contributed by atoms with Crippen molar-refractivity contribution < 1.29 is 14.7 Å². The highest BCUT2D eigenvalue weighted by atomic mass is 16.4. The van der Waals surface area contributed by atoms with Crippen molar-refractivity contribution in [3.63, 3.8) is 0 Å². The molecule has 0 aliphatic heterocycles. The molecule has 2 aromatic heterocycles. The van der Waals surface area contributed by atoms with Gasteiger partial charge in [0.15, 0.2) is 5.82 Å². The standard InChI is InChI=1S/C17H20N4O3/c1-2-13-12(10-20-21(13)14-6-3-4-9-18-14)15(22)19-11-17(16(23)24)7-5-8-17/h3-4,6,9-10H,2,5,7-8,11H2,1H3,(H,19,22)(H,23,24). The first kappa shape index (κ1) is 16.2. The van der Waals surface area contributed by atoms with E-state index in [0.29, 0.717) is 30.6 Å². The van der Waals surface area contributed by atoms with Crippen molar-refractivity contribution in [3.8, 4) is 5.82 Å². The lowest BCUT2D eigenvalue weighted by atomic mass is 9.69. The number of nitrogens with zero attached hydrogens (tertiary/aromatic N) is 3. The lowest BCUT2D eigenvalue weighted by Crippen LogP contribution is -2.47. The van der Waals surface area contributed by atoms with Crippen LogP contribution in [0.3, 0.4) is 0 Å². The van der Waals surface area contributed by atoms with Crippen LogP contribution in [0.25, 0.3) is 5.82 Å². The number of carbonyl (C=O) groups is 2. The summed E-state index contributed by atoms with van der Waals surface area (Å²) in [6, 6.07) is 5.49. The van der Waals surface area contributed by atoms with E-state index in [9.17, 15) is 14.7 Å². The Morgan fingerprint density at radius 2 is 2.17 bits per heavy atom. The molecular formula is C17H20N4O3. The Morgan fingerprint density at radius 1 is 1.38 bits per heavy atom. The fraction of sp³-hybridized carbons (Fsp3) is 0.412. The Bertz CT molecular complexity index is 750. The normalized spacial score (nSPS) is 15.5. The van der Waals surface area contributed by atoms with Crippen molar-refractivity contribution in [1.82, 2.24) is 20.1 Å². The molecule has 0 aromatic carbocycles. The van der Waals surface area contributed by atoms with E-state index in [2.05, 4.69) is 15.4 Å². The fourth-order valence-electron chi connectivity index (χ4n) is 2.99. The number of amides is 1. The van der Waals surface area contributed by atoms with Crippen molar-refractivity contribution in [1.29, 1.82) is 0 Å². The van der Waals surface area contributed by atoms with E-state index < -0.39 is 11.4 Å². The second-order valence-corrected chi connectivity index (χ2v) is 6.08. The van der Waals surface area contributed by atoms with E-state index in [4.69, 9.17) is 0 Å². The van der Waals surface area contributed by atoms with Crippen molar-refractivity contribution in [3.05, 3.63) is 41.9 Å². The van der Waals surface area contributed by atoms with Gasteiger partial charge in [0.25, 0.3) is 5.91 Å². The molecule has 1 fully saturated rings. The summed E-state index contributed by atoms with van der Waals surface area (Å²) in [6.45, 7) is 2.09. The van der Waals surface area contributed by atoms with Gasteiger partial charge >= 0.3 is 5.97 Å². The molecule has 2 aromatic rings. The number of nitrogens with one attached hydrogen (secondary N) is 1. The smallest absolute Gasteiger partial charge is 0.311 e. The van der Waals surface area contributed by atoms with E-state index in [1.165, 1.54) is 6.20 Å². The number of pyridine rings is 1. The summed E-state index contributed by atoms with van der Waals surface area (Å²) in [5.41, 5.74) is 0.408. The molecular weight excluding hydrogens is 308 g/mol. The van der Waals surface area contributed by atoms with Crippen LogP contribution in [0.2, 0.25) is 0 Å². The van der Waals surface area contributed by atoms with Gasteiger partial charge in [-0.2, -0.15) is 5.10 Å². The van der Waals surface area contributed by atoms with Gasteiger partial charge in [-0.15, -0.1) is 0 Å². The van der Waals surface area contributed by atoms with Gasteiger partial charge < -0.3 is 10.4 Å². The van der Waals surface area contributed by atoms with Crippen molar-refractivity contribution >= 4 is 11.9 Å². The molecule has 0 bridgehead atoms. The Hall–Kier alpha value is -2.70. The van der Waals surface area contributed by atoms with Crippen LogP contribution in [-0.2, 0) is 11.2 Å². The van der Waals surface area contributed by atoms with Crippen LogP contribution in [0.1, 0.15) is 42.2 Å². The molecule has 126 valence electrons. The van der Waals surface area contributed by atoms with Crippen LogP contribution >= 0.6 is 0 Å². The van der Waals surface area contributed by atoms with Gasteiger partial charge in [-0.25, -0.2) is 9.67 Å². The maximum atomic E-state index is 12.5. The largest absolute Gasteiger partial charge is 0.481 e. The first-order valence-corrected chi connectivity index (χ1v) is 8.07. The molecule has 1 aliphatic rings. The number of aromatic nitrogens is 3. The quantitative estimate of drug-likeness (QED) is 0.843. The second kappa shape index (κ2) is 6.43. The first-order valence-electron chi connectivity index (χ1n) is 8.07. The highest BCUT2D eigenvalue weighted by Gasteiger charge is 2.44. The summed E-state index contributed by atoms with van der Waals surface area (Å²) in [6.07, 6.45) is 5.90. The van der Waals surface area contributed by atoms with E-state index in [-0.39, 0.29) is 12.5 Å². The van der Waals surface area contributed by atoms with E-state index >= 15 is 0 Å². The molecule has 2 heterocycles. The minimum Gasteiger partial charge on any atom is -0.481 e. The van der Waals surface area contributed by atoms with Crippen LogP contribution < -0.4 is 5.32 Å². The predicted molar refractivity (Wildman–Crippen MR) is 87.0 cm³/mol. The summed E-state index contributed by atoms with van der Waals surface area (Å²) in [5, 5.41) is 16.4. The molecule has 1 aliphatic carbocycles. The average molecular weight is 328 g/mol. The lowest BCUT2D eigenvalue weighted by Gasteiger charge is -2.37. The third kappa shape index (κ3) is 2.77. The zero-order chi connectivity index (χ0) is 17.2. The molecule has 0 atom stereocenters. The molecule has 3 rings (SSSR count). The summed E-state index contributed by atoms with van der Waals surface area (Å²) < 4.78 is 1.64. The van der Waals surface area contributed by atoms with Crippen LogP contribution in [0.4, 0.5) is 0 Å². The summed E-state index contributed by atoms with van der Waals surface area (Å²) in [5.74, 6) is -0.482. The Kier molecular flexibility index (Phi) is 4.33. The summed E-state index contributed by atoms with van der Waals surface area (Å²) in [7, 11) is 0. The second-order valence-electron chi connectivity index (χ2n) is 6.08. The first-order chi connectivity index (χ1) is 11.6. The maximum Gasteiger partial charge on any atom is 0.311 e. The highest BCUT2D eigenvalue weighted by Crippen LogP contribution is 2.40. The van der Waals surface area contributed by atoms with Crippen molar-refractivity contribution in [2.24, 2.45) is 5.41 Å². The molecule has 7 nitrogen and oxygen atoms in total. The molecule has 0 unspecified atom stereocenters. The molecule has 0 saturated heterocycles. The molecule has 0 spiro atoms. The minimum atomic E-state index is -0.839. The van der Waals surface area contributed by atoms with Gasteiger partial charge in [-0.1, -0.05) is 19.4 Å². The molecule has 0 radical (unpaired) electrons. The predicted octanol–water partition coefficient (Wildman–Crippen LogP) is 1.81. The fourth-order valence-corrected chi connectivity index (χ4v) is 2.99. The van der Waals surface area contributed by atoms with Crippen molar-refractivity contribution in [2.75, 3.05) is 6.54 Å². The summed E-state index contributed by atoms with van der Waals surface area (Å²) in [4.78, 5) is 28.1. The average Bonchev–Trinajstić information content (AvgIpc) is 2.98. The maximum absolute atomic E-state index is 12.5. The van der Waals surface area contributed by atoms with Gasteiger partial charge in [-0.05, 0) is 31.4 Å². The van der Waals surface area contributed by atoms with E-state index in [1.54, 1.807) is 10.9 Å². The van der Waals surface area contributed by atoms with Crippen molar-refractivity contribution in [2.45, 2.75) is 32.6 Å². The molecule has 1 saturated carbocycles. The number of carboxylic acids is 1. The zero-order valence-corrected chi connectivity index (χ0v) is 13.5. The van der Waals surface area contributed by atoms with E-state index in [0.717, 1.165) is 12.1 Å². The van der Waals surface area contributed by atoms with Gasteiger partial charge in [0.1, 0.15) is 0 Å². The topological polar surface area (TPSA) is 97.1 Å². The molecule has 2 N–H and O–H groups in total. The van der Waals surface area contributed by atoms with Crippen LogP contribution in [0.5, 0.6) is 0 Å². The highest BCUT2D eigenvalue weighted by molar-refractivity contribution is 5.95. The Balaban J connectivity index is 1.78. The third-order valence-corrected chi connectivity index (χ3v) is 4.67. The Morgan fingerprint density at radius 3 is 2.71 bits per heavy atom. The molecule has 7 heteroatoms.